The molecular weight excluding hydrogens is 373 g/mol. The highest BCUT2D eigenvalue weighted by atomic mass is 32.2. The maximum absolute atomic E-state index is 13.2. The lowest BCUT2D eigenvalue weighted by atomic mass is 10.0. The van der Waals surface area contributed by atoms with E-state index >= 15 is 0 Å². The minimum atomic E-state index is -4.52. The molecule has 1 aliphatic rings. The van der Waals surface area contributed by atoms with Crippen molar-refractivity contribution < 1.29 is 26.5 Å². The summed E-state index contributed by atoms with van der Waals surface area (Å²) in [7, 11) is -3.66. The molecule has 0 amide bonds. The molecule has 0 spiro atoms. The monoisotopic (exact) mass is 386 g/mol. The molecule has 0 saturated carbocycles. The van der Waals surface area contributed by atoms with Crippen LogP contribution in [0, 0.1) is 10.1 Å². The van der Waals surface area contributed by atoms with Crippen LogP contribution in [0.4, 0.5) is 30.2 Å². The molecule has 0 radical (unpaired) electrons. The van der Waals surface area contributed by atoms with Gasteiger partial charge in [0.15, 0.2) is 9.84 Å². The van der Waals surface area contributed by atoms with Crippen molar-refractivity contribution in [3.63, 3.8) is 0 Å². The first-order chi connectivity index (χ1) is 12.0. The topological polar surface area (TPSA) is 80.5 Å². The van der Waals surface area contributed by atoms with Crippen LogP contribution in [0.3, 0.4) is 0 Å². The molecule has 6 nitrogen and oxygen atoms in total. The van der Waals surface area contributed by atoms with Crippen molar-refractivity contribution in [2.45, 2.75) is 17.5 Å². The molecule has 0 atom stereocenters. The van der Waals surface area contributed by atoms with Crippen LogP contribution < -0.4 is 4.90 Å². The van der Waals surface area contributed by atoms with Crippen LogP contribution in [-0.2, 0) is 22.4 Å². The van der Waals surface area contributed by atoms with Crippen molar-refractivity contribution in [2.75, 3.05) is 17.7 Å². The van der Waals surface area contributed by atoms with E-state index in [0.29, 0.717) is 0 Å². The fourth-order valence-corrected chi connectivity index (χ4v) is 3.70. The van der Waals surface area contributed by atoms with E-state index in [4.69, 9.17) is 0 Å². The Hall–Kier alpha value is -2.62. The van der Waals surface area contributed by atoms with Gasteiger partial charge in [0.05, 0.1) is 15.4 Å². The van der Waals surface area contributed by atoms with Gasteiger partial charge < -0.3 is 4.90 Å². The molecule has 3 rings (SSSR count). The Labute approximate surface area is 146 Å². The van der Waals surface area contributed by atoms with Crippen LogP contribution in [0.1, 0.15) is 11.1 Å². The van der Waals surface area contributed by atoms with Crippen molar-refractivity contribution in [1.29, 1.82) is 0 Å². The highest BCUT2D eigenvalue weighted by Crippen LogP contribution is 2.44. The quantitative estimate of drug-likeness (QED) is 0.593. The van der Waals surface area contributed by atoms with Crippen LogP contribution in [0.5, 0.6) is 0 Å². The number of sulfone groups is 1. The number of benzene rings is 2. The number of hydrogen-bond donors (Lipinski definition) is 0. The third-order valence-corrected chi connectivity index (χ3v) is 5.31. The zero-order valence-corrected chi connectivity index (χ0v) is 14.3. The molecule has 2 aromatic rings. The Balaban J connectivity index is 2.16. The molecule has 2 aromatic carbocycles. The second-order valence-corrected chi connectivity index (χ2v) is 7.90. The molecular formula is C16H13F3N2O4S. The molecule has 0 saturated heterocycles. The lowest BCUT2D eigenvalue weighted by Gasteiger charge is -2.20. The lowest BCUT2D eigenvalue weighted by molar-refractivity contribution is -0.384. The number of nitro benzene ring substituents is 1. The summed E-state index contributed by atoms with van der Waals surface area (Å²) < 4.78 is 62.8. The molecule has 138 valence electrons. The Bertz CT molecular complexity index is 1000. The van der Waals surface area contributed by atoms with Gasteiger partial charge >= 0.3 is 6.18 Å². The third-order valence-electron chi connectivity index (χ3n) is 4.20. The van der Waals surface area contributed by atoms with Gasteiger partial charge in [-0.3, -0.25) is 10.1 Å². The standard InChI is InChI=1S/C16H13F3N2O4S/c1-26(24,25)10-5-6-14(15(9-10)21(22)23)20-8-7-11-12(16(17,18)19)3-2-4-13(11)20/h2-6,9H,7-8H2,1H3. The van der Waals surface area contributed by atoms with Gasteiger partial charge in [-0.05, 0) is 36.2 Å². The van der Waals surface area contributed by atoms with Gasteiger partial charge in [0.2, 0.25) is 0 Å². The maximum atomic E-state index is 13.2. The summed E-state index contributed by atoms with van der Waals surface area (Å²) in [5.74, 6) is 0. The molecule has 1 aliphatic heterocycles. The Morgan fingerprint density at radius 2 is 1.85 bits per heavy atom. The van der Waals surface area contributed by atoms with Gasteiger partial charge in [0.1, 0.15) is 5.69 Å². The van der Waals surface area contributed by atoms with Crippen molar-refractivity contribution in [1.82, 2.24) is 0 Å². The number of alkyl halides is 3. The Morgan fingerprint density at radius 3 is 2.42 bits per heavy atom. The zero-order valence-electron chi connectivity index (χ0n) is 13.4. The molecule has 1 heterocycles. The number of nitro groups is 1. The number of halogens is 3. The lowest BCUT2D eigenvalue weighted by Crippen LogP contribution is -2.15. The Kier molecular flexibility index (Phi) is 4.18. The highest BCUT2D eigenvalue weighted by molar-refractivity contribution is 7.90. The molecule has 10 heteroatoms. The van der Waals surface area contributed by atoms with Crippen molar-refractivity contribution in [2.24, 2.45) is 0 Å². The number of anilines is 2. The van der Waals surface area contributed by atoms with Crippen molar-refractivity contribution in [3.8, 4) is 0 Å². The molecule has 0 N–H and O–H groups in total. The summed E-state index contributed by atoms with van der Waals surface area (Å²) in [6, 6.07) is 7.08. The first-order valence-corrected chi connectivity index (χ1v) is 9.34. The summed E-state index contributed by atoms with van der Waals surface area (Å²) in [6.07, 6.45) is -3.52. The zero-order chi connectivity index (χ0) is 19.3. The predicted molar refractivity (Wildman–Crippen MR) is 88.4 cm³/mol. The highest BCUT2D eigenvalue weighted by Gasteiger charge is 2.38. The Morgan fingerprint density at radius 1 is 1.15 bits per heavy atom. The number of fused-ring (bicyclic) bond motifs is 1. The molecule has 0 unspecified atom stereocenters. The predicted octanol–water partition coefficient (Wildman–Crippen LogP) is 3.71. The van der Waals surface area contributed by atoms with E-state index in [1.807, 2.05) is 0 Å². The fourth-order valence-electron chi connectivity index (χ4n) is 3.06. The van der Waals surface area contributed by atoms with Crippen LogP contribution in [0.25, 0.3) is 0 Å². The molecule has 0 aliphatic carbocycles. The van der Waals surface area contributed by atoms with Gasteiger partial charge in [-0.2, -0.15) is 13.2 Å². The van der Waals surface area contributed by atoms with E-state index in [1.54, 1.807) is 0 Å². The van der Waals surface area contributed by atoms with Gasteiger partial charge in [0.25, 0.3) is 5.69 Å². The molecule has 0 bridgehead atoms. The molecule has 0 aromatic heterocycles. The van der Waals surface area contributed by atoms with Crippen LogP contribution in [0.2, 0.25) is 0 Å². The summed E-state index contributed by atoms with van der Waals surface area (Å²) in [5.41, 5.74) is -0.886. The van der Waals surface area contributed by atoms with E-state index in [2.05, 4.69) is 0 Å². The minimum Gasteiger partial charge on any atom is -0.335 e. The van der Waals surface area contributed by atoms with Crippen molar-refractivity contribution in [3.05, 3.63) is 57.6 Å². The maximum Gasteiger partial charge on any atom is 0.416 e. The average Bonchev–Trinajstić information content (AvgIpc) is 2.96. The third kappa shape index (κ3) is 3.12. The van der Waals surface area contributed by atoms with Gasteiger partial charge in [-0.1, -0.05) is 6.07 Å². The van der Waals surface area contributed by atoms with Gasteiger partial charge in [-0.25, -0.2) is 8.42 Å². The van der Waals surface area contributed by atoms with E-state index in [-0.39, 0.29) is 34.8 Å². The number of rotatable bonds is 3. The normalized spacial score (nSPS) is 14.4. The summed E-state index contributed by atoms with van der Waals surface area (Å²) >= 11 is 0. The van der Waals surface area contributed by atoms with Gasteiger partial charge in [0, 0.05) is 24.6 Å². The van der Waals surface area contributed by atoms with E-state index in [1.165, 1.54) is 29.2 Å². The molecule has 26 heavy (non-hydrogen) atoms. The number of nitrogens with zero attached hydrogens (tertiary/aromatic N) is 2. The molecule has 0 fully saturated rings. The second kappa shape index (κ2) is 5.97. The average molecular weight is 386 g/mol. The summed E-state index contributed by atoms with van der Waals surface area (Å²) in [4.78, 5) is 11.8. The largest absolute Gasteiger partial charge is 0.416 e. The fraction of sp³-hybridized carbons (Fsp3) is 0.250. The first kappa shape index (κ1) is 18.2. The SMILES string of the molecule is CS(=O)(=O)c1ccc(N2CCc3c2cccc3C(F)(F)F)c([N+](=O)[O-])c1. The van der Waals surface area contributed by atoms with Crippen LogP contribution >= 0.6 is 0 Å². The van der Waals surface area contributed by atoms with Gasteiger partial charge in [-0.15, -0.1) is 0 Å². The minimum absolute atomic E-state index is 0.0560. The van der Waals surface area contributed by atoms with Crippen molar-refractivity contribution >= 4 is 26.9 Å². The smallest absolute Gasteiger partial charge is 0.335 e. The van der Waals surface area contributed by atoms with E-state index in [0.717, 1.165) is 18.4 Å². The summed E-state index contributed by atoms with van der Waals surface area (Å²) in [6.45, 7) is 0.126. The first-order valence-electron chi connectivity index (χ1n) is 7.45. The second-order valence-electron chi connectivity index (χ2n) is 5.88. The van der Waals surface area contributed by atoms with E-state index < -0.39 is 32.2 Å². The van der Waals surface area contributed by atoms with Crippen LogP contribution in [-0.4, -0.2) is 26.1 Å². The summed E-state index contributed by atoms with van der Waals surface area (Å²) in [5, 5.41) is 11.4. The van der Waals surface area contributed by atoms with Crippen LogP contribution in [0.15, 0.2) is 41.3 Å². The van der Waals surface area contributed by atoms with E-state index in [9.17, 15) is 31.7 Å². The number of hydrogen-bond acceptors (Lipinski definition) is 5.